The van der Waals surface area contributed by atoms with Gasteiger partial charge in [-0.1, -0.05) is 30.3 Å². The van der Waals surface area contributed by atoms with Crippen molar-refractivity contribution in [3.05, 3.63) is 35.9 Å². The van der Waals surface area contributed by atoms with Crippen LogP contribution in [0.15, 0.2) is 30.3 Å². The zero-order chi connectivity index (χ0) is 12.8. The Morgan fingerprint density at radius 2 is 1.94 bits per heavy atom. The van der Waals surface area contributed by atoms with E-state index in [1.807, 2.05) is 18.2 Å². The van der Waals surface area contributed by atoms with Crippen LogP contribution < -0.4 is 5.32 Å². The molecule has 0 bridgehead atoms. The Hall–Kier alpha value is -1.35. The standard InChI is InChI=1S/C15H22N2O/c1-17-11-8-14(9-12-17)15(18)16-10-7-13-5-3-2-4-6-13/h2-6,14H,7-12H2,1H3,(H,16,18). The average molecular weight is 246 g/mol. The third-order valence-electron chi connectivity index (χ3n) is 3.65. The van der Waals surface area contributed by atoms with E-state index < -0.39 is 0 Å². The molecule has 0 radical (unpaired) electrons. The van der Waals surface area contributed by atoms with Crippen LogP contribution in [0.5, 0.6) is 0 Å². The predicted octanol–water partition coefficient (Wildman–Crippen LogP) is 1.69. The first-order valence-corrected chi connectivity index (χ1v) is 6.76. The highest BCUT2D eigenvalue weighted by atomic mass is 16.1. The molecule has 0 saturated carbocycles. The summed E-state index contributed by atoms with van der Waals surface area (Å²) in [6, 6.07) is 10.3. The first-order valence-electron chi connectivity index (χ1n) is 6.76. The van der Waals surface area contributed by atoms with Gasteiger partial charge in [0.15, 0.2) is 0 Å². The van der Waals surface area contributed by atoms with Crippen molar-refractivity contribution in [2.75, 3.05) is 26.7 Å². The molecule has 1 fully saturated rings. The summed E-state index contributed by atoms with van der Waals surface area (Å²) in [5.41, 5.74) is 1.28. The molecular formula is C15H22N2O. The van der Waals surface area contributed by atoms with E-state index in [1.165, 1.54) is 5.56 Å². The van der Waals surface area contributed by atoms with E-state index >= 15 is 0 Å². The molecule has 1 N–H and O–H groups in total. The fourth-order valence-corrected chi connectivity index (χ4v) is 2.39. The molecule has 1 aliphatic heterocycles. The van der Waals surface area contributed by atoms with Gasteiger partial charge in [-0.05, 0) is 45.0 Å². The Bertz CT molecular complexity index is 369. The van der Waals surface area contributed by atoms with E-state index in [1.54, 1.807) is 0 Å². The molecule has 3 heteroatoms. The molecule has 0 atom stereocenters. The summed E-state index contributed by atoms with van der Waals surface area (Å²) >= 11 is 0. The molecule has 1 heterocycles. The first-order chi connectivity index (χ1) is 8.75. The van der Waals surface area contributed by atoms with Gasteiger partial charge in [0.2, 0.25) is 5.91 Å². The van der Waals surface area contributed by atoms with E-state index in [-0.39, 0.29) is 11.8 Å². The summed E-state index contributed by atoms with van der Waals surface area (Å²) in [4.78, 5) is 14.3. The van der Waals surface area contributed by atoms with Gasteiger partial charge in [0.05, 0.1) is 0 Å². The second-order valence-electron chi connectivity index (χ2n) is 5.10. The molecule has 1 aliphatic rings. The quantitative estimate of drug-likeness (QED) is 0.877. The van der Waals surface area contributed by atoms with Crippen molar-refractivity contribution in [2.45, 2.75) is 19.3 Å². The van der Waals surface area contributed by atoms with E-state index in [4.69, 9.17) is 0 Å². The molecule has 98 valence electrons. The number of benzene rings is 1. The minimum atomic E-state index is 0.219. The fraction of sp³-hybridized carbons (Fsp3) is 0.533. The Morgan fingerprint density at radius 3 is 2.61 bits per heavy atom. The summed E-state index contributed by atoms with van der Waals surface area (Å²) in [6.45, 7) is 2.82. The molecule has 2 rings (SSSR count). The number of hydrogen-bond acceptors (Lipinski definition) is 2. The topological polar surface area (TPSA) is 32.3 Å². The lowest BCUT2D eigenvalue weighted by molar-refractivity contribution is -0.126. The molecule has 18 heavy (non-hydrogen) atoms. The Morgan fingerprint density at radius 1 is 1.28 bits per heavy atom. The Balaban J connectivity index is 1.69. The highest BCUT2D eigenvalue weighted by molar-refractivity contribution is 5.78. The monoisotopic (exact) mass is 246 g/mol. The number of amides is 1. The number of hydrogen-bond donors (Lipinski definition) is 1. The number of nitrogens with one attached hydrogen (secondary N) is 1. The number of piperidine rings is 1. The van der Waals surface area contributed by atoms with Crippen LogP contribution >= 0.6 is 0 Å². The SMILES string of the molecule is CN1CCC(C(=O)NCCc2ccccc2)CC1. The van der Waals surface area contributed by atoms with Crippen molar-refractivity contribution >= 4 is 5.91 Å². The summed E-state index contributed by atoms with van der Waals surface area (Å²) in [7, 11) is 2.11. The number of rotatable bonds is 4. The summed E-state index contributed by atoms with van der Waals surface area (Å²) in [6.07, 6.45) is 2.90. The zero-order valence-corrected chi connectivity index (χ0v) is 11.1. The van der Waals surface area contributed by atoms with Crippen LogP contribution in [0.2, 0.25) is 0 Å². The molecule has 3 nitrogen and oxygen atoms in total. The van der Waals surface area contributed by atoms with Crippen LogP contribution in [0, 0.1) is 5.92 Å². The normalized spacial score (nSPS) is 17.6. The maximum atomic E-state index is 12.0. The molecule has 0 spiro atoms. The van der Waals surface area contributed by atoms with E-state index in [0.29, 0.717) is 0 Å². The number of carbonyl (C=O) groups is 1. The van der Waals surface area contributed by atoms with E-state index in [9.17, 15) is 4.79 Å². The number of likely N-dealkylation sites (tertiary alicyclic amines) is 1. The summed E-state index contributed by atoms with van der Waals surface area (Å²) in [5, 5.41) is 3.06. The van der Waals surface area contributed by atoms with Crippen molar-refractivity contribution in [1.82, 2.24) is 10.2 Å². The average Bonchev–Trinajstić information content (AvgIpc) is 2.40. The zero-order valence-electron chi connectivity index (χ0n) is 11.1. The second kappa shape index (κ2) is 6.55. The lowest BCUT2D eigenvalue weighted by atomic mass is 9.96. The van der Waals surface area contributed by atoms with Crippen LogP contribution in [-0.2, 0) is 11.2 Å². The first kappa shape index (κ1) is 13.1. The van der Waals surface area contributed by atoms with Gasteiger partial charge in [0.25, 0.3) is 0 Å². The maximum Gasteiger partial charge on any atom is 0.223 e. The second-order valence-corrected chi connectivity index (χ2v) is 5.10. The molecule has 0 unspecified atom stereocenters. The lowest BCUT2D eigenvalue weighted by Gasteiger charge is -2.28. The Labute approximate surface area is 109 Å². The van der Waals surface area contributed by atoms with Crippen molar-refractivity contribution in [3.63, 3.8) is 0 Å². The van der Waals surface area contributed by atoms with Gasteiger partial charge in [-0.2, -0.15) is 0 Å². The van der Waals surface area contributed by atoms with Crippen molar-refractivity contribution in [3.8, 4) is 0 Å². The van der Waals surface area contributed by atoms with Gasteiger partial charge in [0.1, 0.15) is 0 Å². The maximum absolute atomic E-state index is 12.0. The van der Waals surface area contributed by atoms with Crippen molar-refractivity contribution < 1.29 is 4.79 Å². The van der Waals surface area contributed by atoms with E-state index in [0.717, 1.165) is 38.9 Å². The Kier molecular flexibility index (Phi) is 4.76. The van der Waals surface area contributed by atoms with Crippen LogP contribution in [0.4, 0.5) is 0 Å². The van der Waals surface area contributed by atoms with E-state index in [2.05, 4.69) is 29.4 Å². The minimum Gasteiger partial charge on any atom is -0.356 e. The smallest absolute Gasteiger partial charge is 0.223 e. The molecular weight excluding hydrogens is 224 g/mol. The van der Waals surface area contributed by atoms with Gasteiger partial charge in [-0.25, -0.2) is 0 Å². The molecule has 1 aromatic rings. The fourth-order valence-electron chi connectivity index (χ4n) is 2.39. The van der Waals surface area contributed by atoms with Gasteiger partial charge >= 0.3 is 0 Å². The minimum absolute atomic E-state index is 0.219. The molecule has 0 aliphatic carbocycles. The van der Waals surface area contributed by atoms with Crippen molar-refractivity contribution in [2.24, 2.45) is 5.92 Å². The molecule has 1 saturated heterocycles. The van der Waals surface area contributed by atoms with Gasteiger partial charge in [-0.3, -0.25) is 4.79 Å². The van der Waals surface area contributed by atoms with Gasteiger partial charge < -0.3 is 10.2 Å². The highest BCUT2D eigenvalue weighted by Crippen LogP contribution is 2.15. The van der Waals surface area contributed by atoms with Crippen LogP contribution in [0.25, 0.3) is 0 Å². The number of carbonyl (C=O) groups excluding carboxylic acids is 1. The lowest BCUT2D eigenvalue weighted by Crippen LogP contribution is -2.39. The largest absolute Gasteiger partial charge is 0.356 e. The van der Waals surface area contributed by atoms with Crippen LogP contribution in [0.3, 0.4) is 0 Å². The van der Waals surface area contributed by atoms with Crippen molar-refractivity contribution in [1.29, 1.82) is 0 Å². The molecule has 1 aromatic carbocycles. The summed E-state index contributed by atoms with van der Waals surface area (Å²) in [5.74, 6) is 0.455. The third-order valence-corrected chi connectivity index (χ3v) is 3.65. The van der Waals surface area contributed by atoms with Crippen LogP contribution in [0.1, 0.15) is 18.4 Å². The third kappa shape index (κ3) is 3.84. The highest BCUT2D eigenvalue weighted by Gasteiger charge is 2.22. The van der Waals surface area contributed by atoms with Gasteiger partial charge in [0, 0.05) is 12.5 Å². The molecule has 0 aromatic heterocycles. The van der Waals surface area contributed by atoms with Gasteiger partial charge in [-0.15, -0.1) is 0 Å². The summed E-state index contributed by atoms with van der Waals surface area (Å²) < 4.78 is 0. The molecule has 1 amide bonds. The predicted molar refractivity (Wildman–Crippen MR) is 73.4 cm³/mol. The number of nitrogens with zero attached hydrogens (tertiary/aromatic N) is 1. The van der Waals surface area contributed by atoms with Crippen LogP contribution in [-0.4, -0.2) is 37.5 Å².